The van der Waals surface area contributed by atoms with Gasteiger partial charge in [-0.2, -0.15) is 5.10 Å². The molecule has 3 aromatic rings. The molecule has 0 atom stereocenters. The molecule has 2 heterocycles. The van der Waals surface area contributed by atoms with Crippen molar-refractivity contribution in [3.8, 4) is 11.3 Å². The van der Waals surface area contributed by atoms with Crippen LogP contribution in [0.1, 0.15) is 132 Å². The Bertz CT molecular complexity index is 1060. The van der Waals surface area contributed by atoms with E-state index in [0.29, 0.717) is 5.92 Å². The Morgan fingerprint density at radius 2 is 1.46 bits per heavy atom. The number of unbranched alkanes of at least 4 members (excludes halogenated alkanes) is 1. The lowest BCUT2D eigenvalue weighted by Gasteiger charge is -2.28. The molecule has 1 aromatic carbocycles. The lowest BCUT2D eigenvalue weighted by molar-refractivity contribution is 0.303. The average molecular weight is 492 g/mol. The summed E-state index contributed by atoms with van der Waals surface area (Å²) in [7, 11) is 0. The Balaban J connectivity index is 1.27. The van der Waals surface area contributed by atoms with E-state index >= 15 is 0 Å². The highest BCUT2D eigenvalue weighted by Crippen LogP contribution is 2.41. The lowest BCUT2D eigenvalue weighted by atomic mass is 9.77. The summed E-state index contributed by atoms with van der Waals surface area (Å²) in [5, 5.41) is 6.44. The second-order valence-corrected chi connectivity index (χ2v) is 12.4. The van der Waals surface area contributed by atoms with Crippen LogP contribution in [0, 0.1) is 11.8 Å². The van der Waals surface area contributed by atoms with Gasteiger partial charge in [0.25, 0.3) is 0 Å². The van der Waals surface area contributed by atoms with Gasteiger partial charge in [-0.15, -0.1) is 0 Å². The van der Waals surface area contributed by atoms with Crippen LogP contribution < -0.4 is 0 Å². The minimum absolute atomic E-state index is 0.638. The van der Waals surface area contributed by atoms with Gasteiger partial charge in [-0.05, 0) is 81.1 Å². The number of imidazole rings is 1. The predicted molar refractivity (Wildman–Crippen MR) is 150 cm³/mol. The predicted octanol–water partition coefficient (Wildman–Crippen LogP) is 9.56. The molecule has 4 heteroatoms. The highest BCUT2D eigenvalue weighted by molar-refractivity contribution is 7.16. The summed E-state index contributed by atoms with van der Waals surface area (Å²) in [5.41, 5.74) is 5.19. The third-order valence-corrected chi connectivity index (χ3v) is 10.1. The van der Waals surface area contributed by atoms with Crippen molar-refractivity contribution in [3.05, 3.63) is 40.5 Å². The molecule has 0 N–H and O–H groups in total. The minimum Gasteiger partial charge on any atom is -0.217 e. The van der Waals surface area contributed by atoms with Crippen LogP contribution in [-0.2, 0) is 6.42 Å². The second-order valence-electron chi connectivity index (χ2n) is 11.4. The lowest BCUT2D eigenvalue weighted by Crippen LogP contribution is -2.13. The van der Waals surface area contributed by atoms with Gasteiger partial charge in [0.1, 0.15) is 5.01 Å². The number of fused-ring (bicyclic) bond motifs is 1. The molecule has 35 heavy (non-hydrogen) atoms. The van der Waals surface area contributed by atoms with Crippen LogP contribution in [-0.4, -0.2) is 14.6 Å². The van der Waals surface area contributed by atoms with Gasteiger partial charge in [0.2, 0.25) is 4.96 Å². The van der Waals surface area contributed by atoms with Crippen molar-refractivity contribution in [2.45, 2.75) is 122 Å². The molecule has 0 aliphatic heterocycles. The zero-order chi connectivity index (χ0) is 24.2. The third kappa shape index (κ3) is 5.53. The fourth-order valence-corrected chi connectivity index (χ4v) is 7.90. The van der Waals surface area contributed by atoms with Gasteiger partial charge in [0, 0.05) is 11.5 Å². The van der Waals surface area contributed by atoms with E-state index in [-0.39, 0.29) is 0 Å². The van der Waals surface area contributed by atoms with Crippen molar-refractivity contribution in [3.63, 3.8) is 0 Å². The smallest absolute Gasteiger partial charge is 0.212 e. The normalized spacial score (nSPS) is 25.3. The topological polar surface area (TPSA) is 30.2 Å². The molecule has 0 spiro atoms. The van der Waals surface area contributed by atoms with Gasteiger partial charge in [-0.1, -0.05) is 88.5 Å². The van der Waals surface area contributed by atoms with Gasteiger partial charge in [-0.3, -0.25) is 0 Å². The van der Waals surface area contributed by atoms with Gasteiger partial charge in [0.15, 0.2) is 0 Å². The molecule has 0 amide bonds. The third-order valence-electron chi connectivity index (χ3n) is 9.01. The molecule has 2 fully saturated rings. The Labute approximate surface area is 216 Å². The van der Waals surface area contributed by atoms with E-state index in [4.69, 9.17) is 10.1 Å². The van der Waals surface area contributed by atoms with Crippen LogP contribution in [0.3, 0.4) is 0 Å². The number of hydrogen-bond donors (Lipinski definition) is 0. The van der Waals surface area contributed by atoms with Crippen molar-refractivity contribution >= 4 is 16.3 Å². The summed E-state index contributed by atoms with van der Waals surface area (Å²) in [6.07, 6.45) is 18.8. The maximum Gasteiger partial charge on any atom is 0.212 e. The van der Waals surface area contributed by atoms with E-state index in [1.165, 1.54) is 105 Å². The zero-order valence-electron chi connectivity index (χ0n) is 22.3. The van der Waals surface area contributed by atoms with E-state index in [9.17, 15) is 0 Å². The number of nitrogens with zero attached hydrogens (tertiary/aromatic N) is 3. The van der Waals surface area contributed by atoms with Crippen molar-refractivity contribution in [2.75, 3.05) is 0 Å². The highest BCUT2D eigenvalue weighted by atomic mass is 32.1. The quantitative estimate of drug-likeness (QED) is 0.298. The van der Waals surface area contributed by atoms with Crippen molar-refractivity contribution in [1.29, 1.82) is 0 Å². The molecule has 2 aliphatic rings. The Morgan fingerprint density at radius 3 is 2.09 bits per heavy atom. The van der Waals surface area contributed by atoms with E-state index in [2.05, 4.69) is 49.6 Å². The van der Waals surface area contributed by atoms with Crippen molar-refractivity contribution < 1.29 is 0 Å². The molecule has 5 rings (SSSR count). The average Bonchev–Trinajstić information content (AvgIpc) is 3.47. The summed E-state index contributed by atoms with van der Waals surface area (Å²) in [4.78, 5) is 6.20. The number of benzene rings is 1. The molecule has 2 aromatic heterocycles. The number of aromatic nitrogens is 3. The van der Waals surface area contributed by atoms with Crippen LogP contribution in [0.2, 0.25) is 0 Å². The van der Waals surface area contributed by atoms with Gasteiger partial charge < -0.3 is 0 Å². The molecule has 190 valence electrons. The Morgan fingerprint density at radius 1 is 0.800 bits per heavy atom. The molecular formula is C31H45N3S. The highest BCUT2D eigenvalue weighted by Gasteiger charge is 2.27. The van der Waals surface area contributed by atoms with Crippen LogP contribution in [0.4, 0.5) is 0 Å². The molecule has 2 saturated carbocycles. The Kier molecular flexibility index (Phi) is 8.27. The van der Waals surface area contributed by atoms with Gasteiger partial charge in [0.05, 0.1) is 11.4 Å². The first-order chi connectivity index (χ1) is 17.2. The van der Waals surface area contributed by atoms with E-state index in [1.807, 2.05) is 11.3 Å². The first-order valence-corrected chi connectivity index (χ1v) is 15.5. The first-order valence-electron chi connectivity index (χ1n) is 14.7. The standard InChI is InChI=1S/C31H45N3S/c1-4-7-9-23-12-16-27(17-13-23)30-33-34-28(6-3)29(32-31(34)35-30)26-20-18-25(19-21-26)24-14-10-22(8-5-2)11-15-24/h18-24,27H,4-17H2,1-3H3. The number of aryl methyl sites for hydroxylation is 1. The summed E-state index contributed by atoms with van der Waals surface area (Å²) in [6, 6.07) is 9.39. The summed E-state index contributed by atoms with van der Waals surface area (Å²) in [5.74, 6) is 3.30. The zero-order valence-corrected chi connectivity index (χ0v) is 23.1. The molecular weight excluding hydrogens is 446 g/mol. The number of rotatable bonds is 9. The molecule has 0 unspecified atom stereocenters. The van der Waals surface area contributed by atoms with Crippen LogP contribution >= 0.6 is 11.3 Å². The van der Waals surface area contributed by atoms with E-state index in [0.717, 1.165) is 34.8 Å². The van der Waals surface area contributed by atoms with Crippen molar-refractivity contribution in [1.82, 2.24) is 14.6 Å². The second kappa shape index (κ2) is 11.6. The molecule has 0 radical (unpaired) electrons. The maximum atomic E-state index is 5.13. The van der Waals surface area contributed by atoms with Crippen molar-refractivity contribution in [2.24, 2.45) is 11.8 Å². The fraction of sp³-hybridized carbons (Fsp3) is 0.677. The number of hydrogen-bond acceptors (Lipinski definition) is 3. The SMILES string of the molecule is CCCCC1CCC(c2nn3c(CC)c(-c4ccc(C5CCC(CCC)CC5)cc4)nc3s2)CC1. The van der Waals surface area contributed by atoms with Crippen LogP contribution in [0.15, 0.2) is 24.3 Å². The minimum atomic E-state index is 0.638. The van der Waals surface area contributed by atoms with Crippen LogP contribution in [0.5, 0.6) is 0 Å². The van der Waals surface area contributed by atoms with Crippen LogP contribution in [0.25, 0.3) is 16.2 Å². The Hall–Kier alpha value is -1.68. The monoisotopic (exact) mass is 491 g/mol. The summed E-state index contributed by atoms with van der Waals surface area (Å²) in [6.45, 7) is 6.88. The van der Waals surface area contributed by atoms with E-state index < -0.39 is 0 Å². The van der Waals surface area contributed by atoms with Gasteiger partial charge >= 0.3 is 0 Å². The molecule has 0 bridgehead atoms. The first kappa shape index (κ1) is 25.0. The fourth-order valence-electron chi connectivity index (χ4n) is 6.82. The summed E-state index contributed by atoms with van der Waals surface area (Å²) >= 11 is 1.84. The largest absolute Gasteiger partial charge is 0.217 e. The van der Waals surface area contributed by atoms with Gasteiger partial charge in [-0.25, -0.2) is 9.50 Å². The maximum absolute atomic E-state index is 5.13. The summed E-state index contributed by atoms with van der Waals surface area (Å²) < 4.78 is 2.17. The molecule has 2 aliphatic carbocycles. The molecule has 0 saturated heterocycles. The molecule has 3 nitrogen and oxygen atoms in total. The van der Waals surface area contributed by atoms with E-state index in [1.54, 1.807) is 0 Å².